The van der Waals surface area contributed by atoms with E-state index in [1.165, 1.54) is 5.56 Å². The lowest BCUT2D eigenvalue weighted by Gasteiger charge is -2.19. The number of amides is 1. The van der Waals surface area contributed by atoms with Gasteiger partial charge in [0.15, 0.2) is 11.5 Å². The normalized spacial score (nSPS) is 14.7. The highest BCUT2D eigenvalue weighted by Gasteiger charge is 2.24. The summed E-state index contributed by atoms with van der Waals surface area (Å²) in [5, 5.41) is 2.97. The van der Waals surface area contributed by atoms with Crippen molar-refractivity contribution in [3.63, 3.8) is 0 Å². The van der Waals surface area contributed by atoms with E-state index in [4.69, 9.17) is 9.47 Å². The highest BCUT2D eigenvalue weighted by atomic mass is 16.6. The van der Waals surface area contributed by atoms with Gasteiger partial charge in [0.25, 0.3) is 5.91 Å². The first-order chi connectivity index (χ1) is 13.3. The number of carbonyl (C=O) groups excluding carboxylic acids is 1. The lowest BCUT2D eigenvalue weighted by molar-refractivity contribution is 0.102. The molecule has 27 heavy (non-hydrogen) atoms. The Bertz CT molecular complexity index is 1030. The molecule has 0 fully saturated rings. The number of aromatic amines is 1. The summed E-state index contributed by atoms with van der Waals surface area (Å²) in [6.07, 6.45) is 6.47. The summed E-state index contributed by atoms with van der Waals surface area (Å²) < 4.78 is 11.1. The van der Waals surface area contributed by atoms with Crippen molar-refractivity contribution in [2.75, 3.05) is 18.5 Å². The quantitative estimate of drug-likeness (QED) is 0.731. The van der Waals surface area contributed by atoms with Crippen LogP contribution >= 0.6 is 0 Å². The molecule has 0 atom stereocenters. The Balaban J connectivity index is 1.49. The Hall–Kier alpha value is -3.28. The summed E-state index contributed by atoms with van der Waals surface area (Å²) in [5.41, 5.74) is 5.36. The Morgan fingerprint density at radius 3 is 2.93 bits per heavy atom. The maximum Gasteiger partial charge on any atom is 0.257 e. The van der Waals surface area contributed by atoms with E-state index >= 15 is 0 Å². The Morgan fingerprint density at radius 1 is 1.11 bits per heavy atom. The maximum atomic E-state index is 13.0. The van der Waals surface area contributed by atoms with Crippen LogP contribution in [0.15, 0.2) is 42.7 Å². The van der Waals surface area contributed by atoms with Crippen molar-refractivity contribution in [2.45, 2.75) is 19.3 Å². The Kier molecular flexibility index (Phi) is 3.81. The van der Waals surface area contributed by atoms with Crippen LogP contribution in [0, 0.1) is 0 Å². The van der Waals surface area contributed by atoms with Gasteiger partial charge in [0.1, 0.15) is 13.2 Å². The third-order valence-electron chi connectivity index (χ3n) is 5.01. The van der Waals surface area contributed by atoms with Crippen LogP contribution in [0.5, 0.6) is 11.5 Å². The van der Waals surface area contributed by atoms with E-state index < -0.39 is 0 Å². The van der Waals surface area contributed by atoms with Crippen LogP contribution in [-0.4, -0.2) is 29.1 Å². The molecule has 1 amide bonds. The fraction of sp³-hybridized carbons (Fsp3) is 0.238. The first-order valence-corrected chi connectivity index (χ1v) is 9.15. The molecule has 6 heteroatoms. The Labute approximate surface area is 156 Å². The molecule has 2 aromatic heterocycles. The summed E-state index contributed by atoms with van der Waals surface area (Å²) in [5.74, 6) is 1.19. The smallest absolute Gasteiger partial charge is 0.257 e. The minimum Gasteiger partial charge on any atom is -0.486 e. The molecule has 1 aliphatic heterocycles. The van der Waals surface area contributed by atoms with Crippen molar-refractivity contribution in [2.24, 2.45) is 0 Å². The number of H-pyrrole nitrogens is 1. The van der Waals surface area contributed by atoms with E-state index in [1.54, 1.807) is 18.5 Å². The molecule has 3 heterocycles. The number of anilines is 1. The van der Waals surface area contributed by atoms with Crippen molar-refractivity contribution in [1.29, 1.82) is 0 Å². The number of benzene rings is 1. The predicted molar refractivity (Wildman–Crippen MR) is 101 cm³/mol. The van der Waals surface area contributed by atoms with Crippen LogP contribution in [0.2, 0.25) is 0 Å². The van der Waals surface area contributed by atoms with Crippen molar-refractivity contribution in [1.82, 2.24) is 9.97 Å². The van der Waals surface area contributed by atoms with Crippen molar-refractivity contribution in [3.8, 4) is 22.8 Å². The van der Waals surface area contributed by atoms with Crippen molar-refractivity contribution in [3.05, 3.63) is 59.5 Å². The largest absolute Gasteiger partial charge is 0.486 e. The number of rotatable bonds is 2. The highest BCUT2D eigenvalue weighted by molar-refractivity contribution is 6.09. The monoisotopic (exact) mass is 361 g/mol. The van der Waals surface area contributed by atoms with Gasteiger partial charge in [-0.2, -0.15) is 0 Å². The minimum absolute atomic E-state index is 0.164. The molecule has 0 spiro atoms. The van der Waals surface area contributed by atoms with Gasteiger partial charge in [-0.05, 0) is 43.0 Å². The summed E-state index contributed by atoms with van der Waals surface area (Å²) in [7, 11) is 0. The molecule has 136 valence electrons. The van der Waals surface area contributed by atoms with E-state index in [0.717, 1.165) is 36.2 Å². The molecule has 2 N–H and O–H groups in total. The van der Waals surface area contributed by atoms with E-state index in [9.17, 15) is 4.79 Å². The molecule has 0 saturated carbocycles. The van der Waals surface area contributed by atoms with E-state index in [0.29, 0.717) is 36.0 Å². The zero-order valence-corrected chi connectivity index (χ0v) is 14.7. The number of hydrogen-bond donors (Lipinski definition) is 2. The number of hydrogen-bond acceptors (Lipinski definition) is 4. The molecule has 1 aromatic carbocycles. The van der Waals surface area contributed by atoms with Gasteiger partial charge < -0.3 is 19.8 Å². The predicted octanol–water partition coefficient (Wildman–Crippen LogP) is 3.59. The SMILES string of the molecule is O=C(Nc1ccc2c(c1)OCCO2)c1c[nH]c2c1-c1ncccc1CCC2. The van der Waals surface area contributed by atoms with Crippen LogP contribution in [0.1, 0.15) is 28.0 Å². The number of aromatic nitrogens is 2. The van der Waals surface area contributed by atoms with Crippen LogP contribution in [-0.2, 0) is 12.8 Å². The van der Waals surface area contributed by atoms with E-state index in [2.05, 4.69) is 21.4 Å². The van der Waals surface area contributed by atoms with Gasteiger partial charge in [-0.25, -0.2) is 0 Å². The van der Waals surface area contributed by atoms with E-state index in [1.807, 2.05) is 18.2 Å². The van der Waals surface area contributed by atoms with Gasteiger partial charge >= 0.3 is 0 Å². The molecule has 0 unspecified atom stereocenters. The van der Waals surface area contributed by atoms with Gasteiger partial charge in [0, 0.05) is 35.4 Å². The van der Waals surface area contributed by atoms with Crippen LogP contribution in [0.25, 0.3) is 11.3 Å². The van der Waals surface area contributed by atoms with Gasteiger partial charge in [0.2, 0.25) is 0 Å². The molecule has 3 aromatic rings. The lowest BCUT2D eigenvalue weighted by Crippen LogP contribution is -2.16. The van der Waals surface area contributed by atoms with Gasteiger partial charge in [-0.15, -0.1) is 0 Å². The fourth-order valence-corrected chi connectivity index (χ4v) is 3.75. The average molecular weight is 361 g/mol. The summed E-state index contributed by atoms with van der Waals surface area (Å²) in [6, 6.07) is 9.48. The molecule has 0 bridgehead atoms. The Morgan fingerprint density at radius 2 is 2.00 bits per heavy atom. The number of carbonyl (C=O) groups is 1. The molecule has 6 nitrogen and oxygen atoms in total. The zero-order chi connectivity index (χ0) is 18.2. The lowest BCUT2D eigenvalue weighted by atomic mass is 10.0. The zero-order valence-electron chi connectivity index (χ0n) is 14.7. The highest BCUT2D eigenvalue weighted by Crippen LogP contribution is 2.35. The molecule has 0 saturated heterocycles. The number of aryl methyl sites for hydroxylation is 2. The number of nitrogens with one attached hydrogen (secondary N) is 2. The number of nitrogens with zero attached hydrogens (tertiary/aromatic N) is 1. The second kappa shape index (κ2) is 6.46. The summed E-state index contributed by atoms with van der Waals surface area (Å²) in [6.45, 7) is 1.05. The van der Waals surface area contributed by atoms with E-state index in [-0.39, 0.29) is 5.91 Å². The molecule has 5 rings (SSSR count). The van der Waals surface area contributed by atoms with Crippen molar-refractivity contribution >= 4 is 11.6 Å². The number of pyridine rings is 1. The molecule has 0 radical (unpaired) electrons. The van der Waals surface area contributed by atoms with Gasteiger partial charge in [0.05, 0.1) is 11.3 Å². The minimum atomic E-state index is -0.164. The molecule has 2 aliphatic rings. The van der Waals surface area contributed by atoms with Crippen molar-refractivity contribution < 1.29 is 14.3 Å². The topological polar surface area (TPSA) is 76.2 Å². The second-order valence-electron chi connectivity index (χ2n) is 6.73. The number of ether oxygens (including phenoxy) is 2. The first-order valence-electron chi connectivity index (χ1n) is 9.15. The molecule has 1 aliphatic carbocycles. The van der Waals surface area contributed by atoms with Crippen LogP contribution in [0.3, 0.4) is 0 Å². The first kappa shape index (κ1) is 15.9. The molecular weight excluding hydrogens is 342 g/mol. The maximum absolute atomic E-state index is 13.0. The standard InChI is InChI=1S/C21H19N3O3/c25-21(24-14-6-7-17-18(11-14)27-10-9-26-17)15-12-23-16-5-1-3-13-4-2-8-22-20(13)19(15)16/h2,4,6-8,11-12,23H,1,3,5,9-10H2,(H,24,25). The van der Waals surface area contributed by atoms with Gasteiger partial charge in [-0.1, -0.05) is 6.07 Å². The van der Waals surface area contributed by atoms with Crippen LogP contribution in [0.4, 0.5) is 5.69 Å². The van der Waals surface area contributed by atoms with Crippen LogP contribution < -0.4 is 14.8 Å². The van der Waals surface area contributed by atoms with Gasteiger partial charge in [-0.3, -0.25) is 9.78 Å². The summed E-state index contributed by atoms with van der Waals surface area (Å²) in [4.78, 5) is 20.8. The third-order valence-corrected chi connectivity index (χ3v) is 5.01. The summed E-state index contributed by atoms with van der Waals surface area (Å²) >= 11 is 0. The molecular formula is C21H19N3O3. The fourth-order valence-electron chi connectivity index (χ4n) is 3.75. The third kappa shape index (κ3) is 2.83. The second-order valence-corrected chi connectivity index (χ2v) is 6.73. The number of fused-ring (bicyclic) bond motifs is 4. The average Bonchev–Trinajstić information content (AvgIpc) is 3.03.